The van der Waals surface area contributed by atoms with Crippen LogP contribution in [0.5, 0.6) is 0 Å². The second-order valence-corrected chi connectivity index (χ2v) is 5.32. The van der Waals surface area contributed by atoms with E-state index < -0.39 is 11.6 Å². The SMILES string of the molecule is CCC(O)CCNC(=O)c1ccc(SC(F)(F)F)cc1. The predicted molar refractivity (Wildman–Crippen MR) is 71.6 cm³/mol. The molecule has 0 spiro atoms. The van der Waals surface area contributed by atoms with Crippen molar-refractivity contribution in [3.8, 4) is 0 Å². The van der Waals surface area contributed by atoms with Gasteiger partial charge in [-0.15, -0.1) is 0 Å². The number of alkyl halides is 3. The van der Waals surface area contributed by atoms with Gasteiger partial charge in [-0.1, -0.05) is 6.92 Å². The summed E-state index contributed by atoms with van der Waals surface area (Å²) in [5.41, 5.74) is -4.04. The summed E-state index contributed by atoms with van der Waals surface area (Å²) in [5, 5.41) is 11.9. The van der Waals surface area contributed by atoms with Gasteiger partial charge in [-0.05, 0) is 48.9 Å². The standard InChI is InChI=1S/C13H16F3NO2S/c1-2-10(18)7-8-17-12(19)9-3-5-11(6-4-9)20-13(14,15)16/h3-6,10,18H,2,7-8H2,1H3,(H,17,19). The van der Waals surface area contributed by atoms with Crippen molar-refractivity contribution in [2.24, 2.45) is 0 Å². The van der Waals surface area contributed by atoms with Crippen LogP contribution in [-0.4, -0.2) is 29.2 Å². The van der Waals surface area contributed by atoms with E-state index in [1.807, 2.05) is 6.92 Å². The summed E-state index contributed by atoms with van der Waals surface area (Å²) in [6.45, 7) is 2.16. The molecule has 1 aromatic rings. The lowest BCUT2D eigenvalue weighted by molar-refractivity contribution is -0.0328. The number of aliphatic hydroxyl groups excluding tert-OH is 1. The highest BCUT2D eigenvalue weighted by Crippen LogP contribution is 2.36. The number of thioether (sulfide) groups is 1. The van der Waals surface area contributed by atoms with Gasteiger partial charge in [0.05, 0.1) is 6.10 Å². The molecule has 7 heteroatoms. The van der Waals surface area contributed by atoms with Gasteiger partial charge in [0, 0.05) is 17.0 Å². The first kappa shape index (κ1) is 16.8. The van der Waals surface area contributed by atoms with Crippen LogP contribution < -0.4 is 5.32 Å². The summed E-state index contributed by atoms with van der Waals surface area (Å²) >= 11 is -0.219. The van der Waals surface area contributed by atoms with Gasteiger partial charge in [-0.25, -0.2) is 0 Å². The van der Waals surface area contributed by atoms with Gasteiger partial charge < -0.3 is 10.4 Å². The highest BCUT2D eigenvalue weighted by Gasteiger charge is 2.29. The summed E-state index contributed by atoms with van der Waals surface area (Å²) in [6, 6.07) is 5.21. The number of hydrogen-bond donors (Lipinski definition) is 2. The van der Waals surface area contributed by atoms with Crippen molar-refractivity contribution in [1.82, 2.24) is 5.32 Å². The molecule has 0 bridgehead atoms. The van der Waals surface area contributed by atoms with Crippen LogP contribution in [0.1, 0.15) is 30.1 Å². The zero-order valence-electron chi connectivity index (χ0n) is 10.9. The minimum Gasteiger partial charge on any atom is -0.393 e. The highest BCUT2D eigenvalue weighted by molar-refractivity contribution is 8.00. The Balaban J connectivity index is 2.49. The first-order chi connectivity index (χ1) is 9.31. The zero-order valence-corrected chi connectivity index (χ0v) is 11.7. The molecule has 0 aliphatic heterocycles. The van der Waals surface area contributed by atoms with Crippen LogP contribution in [0.2, 0.25) is 0 Å². The van der Waals surface area contributed by atoms with E-state index in [0.29, 0.717) is 24.9 Å². The van der Waals surface area contributed by atoms with Gasteiger partial charge in [0.2, 0.25) is 0 Å². The fourth-order valence-electron chi connectivity index (χ4n) is 1.47. The molecule has 20 heavy (non-hydrogen) atoms. The number of aliphatic hydroxyl groups is 1. The van der Waals surface area contributed by atoms with Crippen molar-refractivity contribution in [3.63, 3.8) is 0 Å². The quantitative estimate of drug-likeness (QED) is 0.794. The lowest BCUT2D eigenvalue weighted by Gasteiger charge is -2.09. The molecule has 0 radical (unpaired) electrons. The second kappa shape index (κ2) is 7.54. The molecule has 0 saturated carbocycles. The Kier molecular flexibility index (Phi) is 6.35. The number of carbonyl (C=O) groups is 1. The monoisotopic (exact) mass is 307 g/mol. The number of carbonyl (C=O) groups excluding carboxylic acids is 1. The third-order valence-electron chi connectivity index (χ3n) is 2.58. The van der Waals surface area contributed by atoms with Gasteiger partial charge in [0.25, 0.3) is 5.91 Å². The molecular formula is C13H16F3NO2S. The number of amides is 1. The third-order valence-corrected chi connectivity index (χ3v) is 3.32. The Morgan fingerprint density at radius 2 is 1.95 bits per heavy atom. The van der Waals surface area contributed by atoms with Crippen molar-refractivity contribution in [2.45, 2.75) is 36.3 Å². The van der Waals surface area contributed by atoms with Crippen LogP contribution in [0, 0.1) is 0 Å². The maximum atomic E-state index is 12.1. The van der Waals surface area contributed by atoms with E-state index in [9.17, 15) is 23.1 Å². The molecule has 0 saturated heterocycles. The average Bonchev–Trinajstić information content (AvgIpc) is 2.37. The van der Waals surface area contributed by atoms with Gasteiger partial charge >= 0.3 is 5.51 Å². The number of hydrogen-bond acceptors (Lipinski definition) is 3. The minimum atomic E-state index is -4.33. The van der Waals surface area contributed by atoms with Crippen molar-refractivity contribution in [2.75, 3.05) is 6.54 Å². The molecule has 0 aliphatic carbocycles. The number of nitrogens with one attached hydrogen (secondary N) is 1. The molecule has 2 N–H and O–H groups in total. The largest absolute Gasteiger partial charge is 0.446 e. The van der Waals surface area contributed by atoms with Gasteiger partial charge in [-0.3, -0.25) is 4.79 Å². The van der Waals surface area contributed by atoms with Crippen molar-refractivity contribution in [1.29, 1.82) is 0 Å². The fraction of sp³-hybridized carbons (Fsp3) is 0.462. The molecule has 0 heterocycles. The molecule has 1 aromatic carbocycles. The van der Waals surface area contributed by atoms with Gasteiger partial charge in [0.1, 0.15) is 0 Å². The van der Waals surface area contributed by atoms with Crippen LogP contribution in [-0.2, 0) is 0 Å². The summed E-state index contributed by atoms with van der Waals surface area (Å²) in [7, 11) is 0. The van der Waals surface area contributed by atoms with E-state index in [1.165, 1.54) is 24.3 Å². The molecule has 0 fully saturated rings. The molecule has 1 atom stereocenters. The number of halogens is 3. The first-order valence-electron chi connectivity index (χ1n) is 6.14. The minimum absolute atomic E-state index is 0.0375. The molecule has 0 aromatic heterocycles. The lowest BCUT2D eigenvalue weighted by atomic mass is 10.2. The molecule has 1 amide bonds. The molecular weight excluding hydrogens is 291 g/mol. The van der Waals surface area contributed by atoms with Crippen LogP contribution in [0.15, 0.2) is 29.2 Å². The Labute approximate surface area is 119 Å². The van der Waals surface area contributed by atoms with E-state index in [0.717, 1.165) is 0 Å². The Hall–Kier alpha value is -1.21. The molecule has 112 valence electrons. The van der Waals surface area contributed by atoms with Crippen LogP contribution in [0.3, 0.4) is 0 Å². The topological polar surface area (TPSA) is 49.3 Å². The van der Waals surface area contributed by atoms with E-state index in [-0.39, 0.29) is 22.6 Å². The van der Waals surface area contributed by atoms with Crippen molar-refractivity contribution >= 4 is 17.7 Å². The smallest absolute Gasteiger partial charge is 0.393 e. The van der Waals surface area contributed by atoms with Crippen LogP contribution in [0.4, 0.5) is 13.2 Å². The Morgan fingerprint density at radius 3 is 2.45 bits per heavy atom. The number of rotatable bonds is 6. The van der Waals surface area contributed by atoms with Crippen molar-refractivity contribution < 1.29 is 23.1 Å². The summed E-state index contributed by atoms with van der Waals surface area (Å²) in [4.78, 5) is 11.7. The maximum Gasteiger partial charge on any atom is 0.446 e. The molecule has 1 unspecified atom stereocenters. The summed E-state index contributed by atoms with van der Waals surface area (Å²) in [5.74, 6) is -0.364. The predicted octanol–water partition coefficient (Wildman–Crippen LogP) is 3.19. The fourth-order valence-corrected chi connectivity index (χ4v) is 2.01. The molecule has 1 rings (SSSR count). The van der Waals surface area contributed by atoms with Crippen LogP contribution >= 0.6 is 11.8 Å². The number of benzene rings is 1. The maximum absolute atomic E-state index is 12.1. The first-order valence-corrected chi connectivity index (χ1v) is 6.95. The van der Waals surface area contributed by atoms with E-state index in [4.69, 9.17) is 0 Å². The molecule has 0 aliphatic rings. The van der Waals surface area contributed by atoms with E-state index in [2.05, 4.69) is 5.32 Å². The second-order valence-electron chi connectivity index (χ2n) is 4.18. The lowest BCUT2D eigenvalue weighted by Crippen LogP contribution is -2.26. The van der Waals surface area contributed by atoms with E-state index in [1.54, 1.807) is 0 Å². The third kappa shape index (κ3) is 6.29. The Morgan fingerprint density at radius 1 is 1.35 bits per heavy atom. The zero-order chi connectivity index (χ0) is 15.2. The summed E-state index contributed by atoms with van der Waals surface area (Å²) < 4.78 is 36.4. The van der Waals surface area contributed by atoms with Crippen molar-refractivity contribution in [3.05, 3.63) is 29.8 Å². The van der Waals surface area contributed by atoms with E-state index >= 15 is 0 Å². The summed E-state index contributed by atoms with van der Waals surface area (Å²) in [6.07, 6.45) is 0.601. The normalized spacial score (nSPS) is 13.1. The average molecular weight is 307 g/mol. The van der Waals surface area contributed by atoms with Gasteiger partial charge in [-0.2, -0.15) is 13.2 Å². The van der Waals surface area contributed by atoms with Gasteiger partial charge in [0.15, 0.2) is 0 Å². The Bertz CT molecular complexity index is 434. The highest BCUT2D eigenvalue weighted by atomic mass is 32.2. The van der Waals surface area contributed by atoms with Crippen LogP contribution in [0.25, 0.3) is 0 Å². The molecule has 3 nitrogen and oxygen atoms in total.